The predicted molar refractivity (Wildman–Crippen MR) is 94.0 cm³/mol. The average molecular weight is 340 g/mol. The van der Waals surface area contributed by atoms with Gasteiger partial charge in [0.05, 0.1) is 0 Å². The van der Waals surface area contributed by atoms with Gasteiger partial charge in [0.15, 0.2) is 0 Å². The summed E-state index contributed by atoms with van der Waals surface area (Å²) in [4.78, 5) is 16.3. The molecule has 1 fully saturated rings. The zero-order valence-corrected chi connectivity index (χ0v) is 14.9. The Morgan fingerprint density at radius 2 is 2.00 bits per heavy atom. The lowest BCUT2D eigenvalue weighted by Gasteiger charge is -2.27. The summed E-state index contributed by atoms with van der Waals surface area (Å²) in [5.74, 6) is 0. The molecule has 6 heteroatoms. The van der Waals surface area contributed by atoms with Crippen molar-refractivity contribution >= 4 is 23.4 Å². The summed E-state index contributed by atoms with van der Waals surface area (Å²) in [6, 6.07) is 5.80. The molecule has 0 atom stereocenters. The summed E-state index contributed by atoms with van der Waals surface area (Å²) in [5.41, 5.74) is 7.50. The van der Waals surface area contributed by atoms with E-state index < -0.39 is 5.60 Å². The number of benzene rings is 1. The smallest absolute Gasteiger partial charge is 0.410 e. The molecule has 0 aliphatic carbocycles. The van der Waals surface area contributed by atoms with Crippen LogP contribution in [0.25, 0.3) is 0 Å². The van der Waals surface area contributed by atoms with Gasteiger partial charge < -0.3 is 20.3 Å². The number of anilines is 1. The maximum absolute atomic E-state index is 12.2. The average Bonchev–Trinajstić information content (AvgIpc) is 2.71. The third kappa shape index (κ3) is 5.01. The second-order valence-corrected chi connectivity index (χ2v) is 7.22. The van der Waals surface area contributed by atoms with Crippen LogP contribution in [0.15, 0.2) is 18.2 Å². The molecular formula is C17H26ClN3O2. The molecule has 0 saturated carbocycles. The normalized spacial score (nSPS) is 16.2. The Hall–Kier alpha value is -1.46. The minimum atomic E-state index is -0.466. The van der Waals surface area contributed by atoms with E-state index in [-0.39, 0.29) is 6.09 Å². The highest BCUT2D eigenvalue weighted by Gasteiger charge is 2.25. The minimum absolute atomic E-state index is 0.241. The van der Waals surface area contributed by atoms with Gasteiger partial charge in [0.25, 0.3) is 0 Å². The van der Waals surface area contributed by atoms with Gasteiger partial charge in [-0.1, -0.05) is 11.6 Å². The van der Waals surface area contributed by atoms with Crippen LogP contribution in [0, 0.1) is 0 Å². The SMILES string of the molecule is CC(C)(C)OC(=O)N1CCCN(c2ccc(Cl)cc2CN)CC1. The van der Waals surface area contributed by atoms with Crippen molar-refractivity contribution in [2.45, 2.75) is 39.3 Å². The number of hydrogen-bond acceptors (Lipinski definition) is 4. The monoisotopic (exact) mass is 339 g/mol. The van der Waals surface area contributed by atoms with Gasteiger partial charge in [-0.3, -0.25) is 0 Å². The fourth-order valence-electron chi connectivity index (χ4n) is 2.69. The first-order valence-corrected chi connectivity index (χ1v) is 8.39. The quantitative estimate of drug-likeness (QED) is 0.898. The third-order valence-electron chi connectivity index (χ3n) is 3.75. The maximum Gasteiger partial charge on any atom is 0.410 e. The second kappa shape index (κ2) is 7.41. The highest BCUT2D eigenvalue weighted by Crippen LogP contribution is 2.25. The van der Waals surface area contributed by atoms with Gasteiger partial charge >= 0.3 is 6.09 Å². The lowest BCUT2D eigenvalue weighted by atomic mass is 10.1. The summed E-state index contributed by atoms with van der Waals surface area (Å²) in [6.07, 6.45) is 0.654. The fourth-order valence-corrected chi connectivity index (χ4v) is 2.89. The minimum Gasteiger partial charge on any atom is -0.444 e. The van der Waals surface area contributed by atoms with Crippen LogP contribution in [-0.4, -0.2) is 42.8 Å². The lowest BCUT2D eigenvalue weighted by molar-refractivity contribution is 0.0263. The molecule has 128 valence electrons. The van der Waals surface area contributed by atoms with Gasteiger partial charge in [0.2, 0.25) is 0 Å². The van der Waals surface area contributed by atoms with Crippen LogP contribution in [-0.2, 0) is 11.3 Å². The molecule has 2 rings (SSSR count). The standard InChI is InChI=1S/C17H26ClN3O2/c1-17(2,3)23-16(22)21-8-4-7-20(9-10-21)15-6-5-14(18)11-13(15)12-19/h5-6,11H,4,7-10,12,19H2,1-3H3. The molecule has 23 heavy (non-hydrogen) atoms. The van der Waals surface area contributed by atoms with Crippen LogP contribution in [0.1, 0.15) is 32.8 Å². The topological polar surface area (TPSA) is 58.8 Å². The number of carbonyl (C=O) groups is 1. The highest BCUT2D eigenvalue weighted by molar-refractivity contribution is 6.30. The number of halogens is 1. The molecule has 2 N–H and O–H groups in total. The van der Waals surface area contributed by atoms with E-state index in [1.54, 1.807) is 4.90 Å². The number of hydrogen-bond donors (Lipinski definition) is 1. The molecule has 0 unspecified atom stereocenters. The van der Waals surface area contributed by atoms with E-state index in [0.717, 1.165) is 30.8 Å². The molecule has 1 saturated heterocycles. The van der Waals surface area contributed by atoms with Crippen LogP contribution in [0.3, 0.4) is 0 Å². The van der Waals surface area contributed by atoms with Crippen molar-refractivity contribution in [2.75, 3.05) is 31.1 Å². The number of rotatable bonds is 2. The molecule has 0 radical (unpaired) electrons. The summed E-state index contributed by atoms with van der Waals surface area (Å²) in [6.45, 7) is 9.09. The summed E-state index contributed by atoms with van der Waals surface area (Å²) >= 11 is 6.05. The van der Waals surface area contributed by atoms with Gasteiger partial charge in [0, 0.05) is 43.4 Å². The van der Waals surface area contributed by atoms with Crippen LogP contribution < -0.4 is 10.6 Å². The lowest BCUT2D eigenvalue weighted by Crippen LogP contribution is -2.39. The molecular weight excluding hydrogens is 314 g/mol. The number of ether oxygens (including phenoxy) is 1. The first kappa shape index (κ1) is 17.9. The van der Waals surface area contributed by atoms with Crippen LogP contribution >= 0.6 is 11.6 Å². The first-order chi connectivity index (χ1) is 10.8. The summed E-state index contributed by atoms with van der Waals surface area (Å²) in [7, 11) is 0. The van der Waals surface area contributed by atoms with Crippen LogP contribution in [0.2, 0.25) is 5.02 Å². The fraction of sp³-hybridized carbons (Fsp3) is 0.588. The zero-order chi connectivity index (χ0) is 17.0. The number of amides is 1. The van der Waals surface area contributed by atoms with Crippen molar-refractivity contribution in [3.63, 3.8) is 0 Å². The zero-order valence-electron chi connectivity index (χ0n) is 14.1. The van der Waals surface area contributed by atoms with Crippen molar-refractivity contribution in [1.29, 1.82) is 0 Å². The van der Waals surface area contributed by atoms with Gasteiger partial charge in [-0.2, -0.15) is 0 Å². The van der Waals surface area contributed by atoms with Gasteiger partial charge in [-0.25, -0.2) is 4.79 Å². The Bertz CT molecular complexity index is 557. The highest BCUT2D eigenvalue weighted by atomic mass is 35.5. The molecule has 1 aliphatic rings. The Kier molecular flexibility index (Phi) is 5.76. The Labute approximate surface area is 143 Å². The van der Waals surface area contributed by atoms with Crippen molar-refractivity contribution < 1.29 is 9.53 Å². The molecule has 0 aromatic heterocycles. The summed E-state index contributed by atoms with van der Waals surface area (Å²) in [5, 5.41) is 0.694. The van der Waals surface area contributed by atoms with Gasteiger partial charge in [-0.15, -0.1) is 0 Å². The van der Waals surface area contributed by atoms with Crippen molar-refractivity contribution in [2.24, 2.45) is 5.73 Å². The molecule has 1 aliphatic heterocycles. The van der Waals surface area contributed by atoms with E-state index in [1.165, 1.54) is 0 Å². The predicted octanol–water partition coefficient (Wildman–Crippen LogP) is 3.25. The molecule has 1 aromatic rings. The van der Waals surface area contributed by atoms with Crippen molar-refractivity contribution in [3.05, 3.63) is 28.8 Å². The van der Waals surface area contributed by atoms with E-state index in [9.17, 15) is 4.79 Å². The second-order valence-electron chi connectivity index (χ2n) is 6.79. The molecule has 5 nitrogen and oxygen atoms in total. The van der Waals surface area contributed by atoms with Crippen LogP contribution in [0.5, 0.6) is 0 Å². The maximum atomic E-state index is 12.2. The molecule has 0 bridgehead atoms. The van der Waals surface area contributed by atoms with E-state index in [1.807, 2.05) is 39.0 Å². The van der Waals surface area contributed by atoms with E-state index in [4.69, 9.17) is 22.1 Å². The number of nitrogens with zero attached hydrogens (tertiary/aromatic N) is 2. The Morgan fingerprint density at radius 1 is 1.26 bits per heavy atom. The van der Waals surface area contributed by atoms with E-state index in [0.29, 0.717) is 24.7 Å². The third-order valence-corrected chi connectivity index (χ3v) is 3.98. The first-order valence-electron chi connectivity index (χ1n) is 8.01. The van der Waals surface area contributed by atoms with Crippen LogP contribution in [0.4, 0.5) is 10.5 Å². The Morgan fingerprint density at radius 3 is 2.65 bits per heavy atom. The van der Waals surface area contributed by atoms with Gasteiger partial charge in [-0.05, 0) is 51.0 Å². The molecule has 1 heterocycles. The molecule has 1 amide bonds. The van der Waals surface area contributed by atoms with Crippen molar-refractivity contribution in [1.82, 2.24) is 4.90 Å². The molecule has 0 spiro atoms. The van der Waals surface area contributed by atoms with Gasteiger partial charge in [0.1, 0.15) is 5.60 Å². The van der Waals surface area contributed by atoms with E-state index >= 15 is 0 Å². The summed E-state index contributed by atoms with van der Waals surface area (Å²) < 4.78 is 5.47. The number of nitrogens with two attached hydrogens (primary N) is 1. The van der Waals surface area contributed by atoms with E-state index in [2.05, 4.69) is 4.90 Å². The number of carbonyl (C=O) groups excluding carboxylic acids is 1. The van der Waals surface area contributed by atoms with Crippen molar-refractivity contribution in [3.8, 4) is 0 Å². The largest absolute Gasteiger partial charge is 0.444 e. The Balaban J connectivity index is 2.05. The molecule has 1 aromatic carbocycles.